The summed E-state index contributed by atoms with van der Waals surface area (Å²) < 4.78 is 0. The smallest absolute Gasteiger partial charge is 0.0192 e. The lowest BCUT2D eigenvalue weighted by Gasteiger charge is -1.85. The Bertz CT molecular complexity index is 34.5. The van der Waals surface area contributed by atoms with Crippen LogP contribution in [0.5, 0.6) is 0 Å². The number of hydrogen-bond donors (Lipinski definition) is 1. The summed E-state index contributed by atoms with van der Waals surface area (Å²) in [5.74, 6) is 0. The highest BCUT2D eigenvalue weighted by molar-refractivity contribution is 5.85. The Morgan fingerprint density at radius 2 is 2.00 bits per heavy atom. The molecule has 0 rings (SSSR count). The Labute approximate surface area is 44.6 Å². The molecule has 0 aromatic carbocycles. The number of halogens is 1. The summed E-state index contributed by atoms with van der Waals surface area (Å²) in [6.07, 6.45) is 1.69. The molecule has 1 nitrogen and oxygen atoms in total. The van der Waals surface area contributed by atoms with Crippen LogP contribution in [0.2, 0.25) is 0 Å². The fourth-order valence-corrected chi connectivity index (χ4v) is 0. The van der Waals surface area contributed by atoms with E-state index in [0.29, 0.717) is 0 Å². The van der Waals surface area contributed by atoms with E-state index in [2.05, 4.69) is 6.58 Å². The van der Waals surface area contributed by atoms with Gasteiger partial charge in [-0.05, 0) is 6.92 Å². The molecule has 0 heterocycles. The molecule has 0 aliphatic carbocycles. The number of hydrogen-bond acceptors (Lipinski definition) is 1. The Balaban J connectivity index is 0. The first-order valence-electron chi connectivity index (χ1n) is 1.65. The van der Waals surface area contributed by atoms with Gasteiger partial charge in [0.2, 0.25) is 0 Å². The zero-order valence-electron chi connectivity index (χ0n) is 3.85. The van der Waals surface area contributed by atoms with Crippen molar-refractivity contribution < 1.29 is 0 Å². The molecule has 0 aliphatic heterocycles. The molecule has 6 heavy (non-hydrogen) atoms. The van der Waals surface area contributed by atoms with Crippen molar-refractivity contribution in [1.82, 2.24) is 0 Å². The fraction of sp³-hybridized carbons (Fsp3) is 0.500. The molecule has 0 saturated heterocycles. The molecule has 2 N–H and O–H groups in total. The fourth-order valence-electron chi connectivity index (χ4n) is 0. The van der Waals surface area contributed by atoms with Crippen molar-refractivity contribution in [1.29, 1.82) is 0 Å². The maximum absolute atomic E-state index is 5.17. The lowest BCUT2D eigenvalue weighted by molar-refractivity contribution is 0.929. The highest BCUT2D eigenvalue weighted by atomic mass is 35.5. The maximum atomic E-state index is 5.17. The van der Waals surface area contributed by atoms with E-state index in [1.54, 1.807) is 6.08 Å². The van der Waals surface area contributed by atoms with E-state index in [1.807, 2.05) is 6.92 Å². The van der Waals surface area contributed by atoms with Crippen LogP contribution in [0.15, 0.2) is 12.7 Å². The van der Waals surface area contributed by atoms with Crippen molar-refractivity contribution in [3.05, 3.63) is 12.7 Å². The van der Waals surface area contributed by atoms with Crippen LogP contribution in [0.1, 0.15) is 6.92 Å². The molecular weight excluding hydrogens is 97.5 g/mol. The normalized spacial score (nSPS) is 11.7. The van der Waals surface area contributed by atoms with E-state index in [9.17, 15) is 0 Å². The van der Waals surface area contributed by atoms with E-state index in [0.717, 1.165) is 0 Å². The van der Waals surface area contributed by atoms with Crippen LogP contribution in [0, 0.1) is 0 Å². The van der Waals surface area contributed by atoms with Gasteiger partial charge >= 0.3 is 0 Å². The standard InChI is InChI=1S/C4H9N.ClH/c1-3-4(2)5;/h3-4H,1,5H2,2H3;1H. The monoisotopic (exact) mass is 107 g/mol. The van der Waals surface area contributed by atoms with Crippen molar-refractivity contribution >= 4 is 12.4 Å². The quantitative estimate of drug-likeness (QED) is 0.496. The second kappa shape index (κ2) is 4.99. The van der Waals surface area contributed by atoms with Gasteiger partial charge in [0.1, 0.15) is 0 Å². The van der Waals surface area contributed by atoms with E-state index in [1.165, 1.54) is 0 Å². The first kappa shape index (κ1) is 9.37. The third kappa shape index (κ3) is 9.01. The van der Waals surface area contributed by atoms with Crippen LogP contribution in [0.4, 0.5) is 0 Å². The molecule has 0 aliphatic rings. The largest absolute Gasteiger partial charge is 0.325 e. The third-order valence-electron chi connectivity index (χ3n) is 0.372. The molecule has 0 aromatic heterocycles. The summed E-state index contributed by atoms with van der Waals surface area (Å²) in [4.78, 5) is 0. The SMILES string of the molecule is C=CC(C)N.Cl. The summed E-state index contributed by atoms with van der Waals surface area (Å²) >= 11 is 0. The molecule has 2 heteroatoms. The topological polar surface area (TPSA) is 26.0 Å². The second-order valence-electron chi connectivity index (χ2n) is 1.09. The molecule has 1 atom stereocenters. The first-order chi connectivity index (χ1) is 2.27. The molecule has 0 aromatic rings. The van der Waals surface area contributed by atoms with E-state index in [-0.39, 0.29) is 18.4 Å². The summed E-state index contributed by atoms with van der Waals surface area (Å²) in [7, 11) is 0. The maximum Gasteiger partial charge on any atom is 0.0192 e. The number of rotatable bonds is 1. The predicted octanol–water partition coefficient (Wildman–Crippen LogP) is 0.941. The van der Waals surface area contributed by atoms with Crippen molar-refractivity contribution in [2.24, 2.45) is 5.73 Å². The minimum Gasteiger partial charge on any atom is -0.325 e. The lowest BCUT2D eigenvalue weighted by atomic mass is 10.4. The van der Waals surface area contributed by atoms with Crippen molar-refractivity contribution in [2.75, 3.05) is 0 Å². The van der Waals surface area contributed by atoms with E-state index >= 15 is 0 Å². The van der Waals surface area contributed by atoms with Crippen molar-refractivity contribution in [3.8, 4) is 0 Å². The summed E-state index contributed by atoms with van der Waals surface area (Å²) in [6.45, 7) is 5.32. The van der Waals surface area contributed by atoms with Gasteiger partial charge in [-0.25, -0.2) is 0 Å². The molecule has 0 amide bonds. The third-order valence-corrected chi connectivity index (χ3v) is 0.372. The van der Waals surface area contributed by atoms with E-state index < -0.39 is 0 Å². The molecule has 0 fully saturated rings. The van der Waals surface area contributed by atoms with Crippen LogP contribution in [-0.2, 0) is 0 Å². The highest BCUT2D eigenvalue weighted by Crippen LogP contribution is 1.67. The Morgan fingerprint density at radius 1 is 1.83 bits per heavy atom. The van der Waals surface area contributed by atoms with Gasteiger partial charge < -0.3 is 5.73 Å². The Morgan fingerprint density at radius 3 is 2.00 bits per heavy atom. The summed E-state index contributed by atoms with van der Waals surface area (Å²) in [5.41, 5.74) is 5.17. The second-order valence-corrected chi connectivity index (χ2v) is 1.09. The van der Waals surface area contributed by atoms with Gasteiger partial charge in [-0.2, -0.15) is 0 Å². The molecule has 38 valence electrons. The molecule has 0 spiro atoms. The van der Waals surface area contributed by atoms with Crippen molar-refractivity contribution in [2.45, 2.75) is 13.0 Å². The highest BCUT2D eigenvalue weighted by Gasteiger charge is 1.73. The van der Waals surface area contributed by atoms with Crippen LogP contribution in [-0.4, -0.2) is 6.04 Å². The van der Waals surface area contributed by atoms with Crippen molar-refractivity contribution in [3.63, 3.8) is 0 Å². The van der Waals surface area contributed by atoms with Gasteiger partial charge in [-0.1, -0.05) is 6.08 Å². The molecule has 0 radical (unpaired) electrons. The summed E-state index contributed by atoms with van der Waals surface area (Å²) in [5, 5.41) is 0. The lowest BCUT2D eigenvalue weighted by Crippen LogP contribution is -2.09. The average molecular weight is 108 g/mol. The molecule has 0 saturated carbocycles. The van der Waals surface area contributed by atoms with Gasteiger partial charge in [-0.15, -0.1) is 19.0 Å². The zero-order valence-corrected chi connectivity index (χ0v) is 4.66. The first-order valence-corrected chi connectivity index (χ1v) is 1.65. The number of nitrogens with two attached hydrogens (primary N) is 1. The van der Waals surface area contributed by atoms with Gasteiger partial charge in [0.15, 0.2) is 0 Å². The summed E-state index contributed by atoms with van der Waals surface area (Å²) in [6, 6.07) is 0.148. The zero-order chi connectivity index (χ0) is 4.28. The Hall–Kier alpha value is -0.0100. The van der Waals surface area contributed by atoms with Crippen LogP contribution in [0.25, 0.3) is 0 Å². The molecular formula is C4H10ClN. The van der Waals surface area contributed by atoms with Gasteiger partial charge in [-0.3, -0.25) is 0 Å². The van der Waals surface area contributed by atoms with Crippen LogP contribution >= 0.6 is 12.4 Å². The van der Waals surface area contributed by atoms with E-state index in [4.69, 9.17) is 5.73 Å². The average Bonchev–Trinajstić information content (AvgIpc) is 1.38. The minimum absolute atomic E-state index is 0. The van der Waals surface area contributed by atoms with Crippen LogP contribution < -0.4 is 5.73 Å². The Kier molecular flexibility index (Phi) is 7.79. The van der Waals surface area contributed by atoms with Gasteiger partial charge in [0.05, 0.1) is 0 Å². The minimum atomic E-state index is 0. The van der Waals surface area contributed by atoms with Gasteiger partial charge in [0, 0.05) is 6.04 Å². The van der Waals surface area contributed by atoms with Gasteiger partial charge in [0.25, 0.3) is 0 Å². The van der Waals surface area contributed by atoms with Crippen LogP contribution in [0.3, 0.4) is 0 Å². The molecule has 1 unspecified atom stereocenters. The predicted molar refractivity (Wildman–Crippen MR) is 31.1 cm³/mol. The molecule has 0 bridgehead atoms.